The van der Waals surface area contributed by atoms with Crippen LogP contribution in [0.15, 0.2) is 18.2 Å². The fraction of sp³-hybridized carbons (Fsp3) is 0.533. The van der Waals surface area contributed by atoms with E-state index in [1.165, 1.54) is 19.3 Å². The number of hydrogen-bond donors (Lipinski definition) is 1. The first kappa shape index (κ1) is 16.0. The molecule has 0 aromatic heterocycles. The van der Waals surface area contributed by atoms with Crippen LogP contribution in [-0.2, 0) is 4.74 Å². The molecule has 0 radical (unpaired) electrons. The standard InChI is InChI=1S/C15H19ClINO2/c16-13-10-11(6-7-14(13)17)15(19)18-8-9-20-12-4-2-1-3-5-12/h6-7,10,12H,1-5,8-9H2,(H,18,19). The Hall–Kier alpha value is -0.330. The van der Waals surface area contributed by atoms with E-state index in [9.17, 15) is 4.79 Å². The van der Waals surface area contributed by atoms with Crippen molar-refractivity contribution in [3.8, 4) is 0 Å². The number of halogens is 2. The topological polar surface area (TPSA) is 38.3 Å². The highest BCUT2D eigenvalue weighted by atomic mass is 127. The Morgan fingerprint density at radius 1 is 1.35 bits per heavy atom. The number of carbonyl (C=O) groups is 1. The molecule has 5 heteroatoms. The summed E-state index contributed by atoms with van der Waals surface area (Å²) in [5.41, 5.74) is 0.591. The zero-order chi connectivity index (χ0) is 14.4. The first-order chi connectivity index (χ1) is 9.66. The van der Waals surface area contributed by atoms with Crippen molar-refractivity contribution in [2.75, 3.05) is 13.2 Å². The molecular formula is C15H19ClINO2. The van der Waals surface area contributed by atoms with Gasteiger partial charge in [-0.15, -0.1) is 0 Å². The van der Waals surface area contributed by atoms with Crippen LogP contribution in [0.25, 0.3) is 0 Å². The first-order valence-corrected chi connectivity index (χ1v) is 8.47. The number of hydrogen-bond acceptors (Lipinski definition) is 2. The molecule has 1 aromatic carbocycles. The molecule has 0 aliphatic heterocycles. The molecule has 0 spiro atoms. The molecule has 20 heavy (non-hydrogen) atoms. The summed E-state index contributed by atoms with van der Waals surface area (Å²) in [6.07, 6.45) is 6.54. The third-order valence-corrected chi connectivity index (χ3v) is 5.05. The van der Waals surface area contributed by atoms with Gasteiger partial charge in [0.1, 0.15) is 0 Å². The predicted octanol–water partition coefficient (Wildman–Crippen LogP) is 4.02. The van der Waals surface area contributed by atoms with Crippen LogP contribution in [0, 0.1) is 3.57 Å². The summed E-state index contributed by atoms with van der Waals surface area (Å²) in [5, 5.41) is 3.47. The summed E-state index contributed by atoms with van der Waals surface area (Å²) >= 11 is 8.15. The van der Waals surface area contributed by atoms with Gasteiger partial charge in [-0.05, 0) is 53.6 Å². The highest BCUT2D eigenvalue weighted by molar-refractivity contribution is 14.1. The van der Waals surface area contributed by atoms with Gasteiger partial charge in [0.15, 0.2) is 0 Å². The quantitative estimate of drug-likeness (QED) is 0.591. The minimum Gasteiger partial charge on any atom is -0.376 e. The minimum atomic E-state index is -0.101. The van der Waals surface area contributed by atoms with Gasteiger partial charge in [-0.1, -0.05) is 30.9 Å². The number of carbonyl (C=O) groups excluding carboxylic acids is 1. The summed E-state index contributed by atoms with van der Waals surface area (Å²) in [5.74, 6) is -0.101. The van der Waals surface area contributed by atoms with E-state index in [2.05, 4.69) is 27.9 Å². The smallest absolute Gasteiger partial charge is 0.251 e. The van der Waals surface area contributed by atoms with Crippen LogP contribution in [0.4, 0.5) is 0 Å². The number of nitrogens with one attached hydrogen (secondary N) is 1. The van der Waals surface area contributed by atoms with E-state index in [1.807, 2.05) is 6.07 Å². The van der Waals surface area contributed by atoms with Crippen molar-refractivity contribution in [2.24, 2.45) is 0 Å². The van der Waals surface area contributed by atoms with Crippen molar-refractivity contribution in [3.05, 3.63) is 32.4 Å². The monoisotopic (exact) mass is 407 g/mol. The lowest BCUT2D eigenvalue weighted by Gasteiger charge is -2.22. The van der Waals surface area contributed by atoms with Crippen LogP contribution in [0.1, 0.15) is 42.5 Å². The first-order valence-electron chi connectivity index (χ1n) is 7.01. The lowest BCUT2D eigenvalue weighted by molar-refractivity contribution is 0.0299. The lowest BCUT2D eigenvalue weighted by atomic mass is 9.98. The number of ether oxygens (including phenoxy) is 1. The molecule has 0 atom stereocenters. The molecule has 1 aliphatic rings. The SMILES string of the molecule is O=C(NCCOC1CCCCC1)c1ccc(I)c(Cl)c1. The maximum Gasteiger partial charge on any atom is 0.251 e. The molecule has 0 saturated heterocycles. The molecule has 1 amide bonds. The fourth-order valence-electron chi connectivity index (χ4n) is 2.36. The largest absolute Gasteiger partial charge is 0.376 e. The highest BCUT2D eigenvalue weighted by Crippen LogP contribution is 2.20. The lowest BCUT2D eigenvalue weighted by Crippen LogP contribution is -2.29. The second-order valence-electron chi connectivity index (χ2n) is 5.02. The van der Waals surface area contributed by atoms with Crippen molar-refractivity contribution in [3.63, 3.8) is 0 Å². The Morgan fingerprint density at radius 2 is 2.10 bits per heavy atom. The molecule has 3 nitrogen and oxygen atoms in total. The van der Waals surface area contributed by atoms with Crippen LogP contribution in [-0.4, -0.2) is 25.2 Å². The summed E-state index contributed by atoms with van der Waals surface area (Å²) in [6, 6.07) is 5.32. The third-order valence-electron chi connectivity index (χ3n) is 3.48. The second kappa shape index (κ2) is 8.20. The van der Waals surface area contributed by atoms with Crippen molar-refractivity contribution in [1.29, 1.82) is 0 Å². The molecule has 0 bridgehead atoms. The molecule has 1 aromatic rings. The number of benzene rings is 1. The number of rotatable bonds is 5. The van der Waals surface area contributed by atoms with Gasteiger partial charge < -0.3 is 10.1 Å². The Balaban J connectivity index is 1.70. The summed E-state index contributed by atoms with van der Waals surface area (Å²) in [7, 11) is 0. The van der Waals surface area contributed by atoms with Gasteiger partial charge in [0, 0.05) is 15.7 Å². The van der Waals surface area contributed by atoms with Gasteiger partial charge in [-0.2, -0.15) is 0 Å². The van der Waals surface area contributed by atoms with Crippen LogP contribution >= 0.6 is 34.2 Å². The van der Waals surface area contributed by atoms with E-state index >= 15 is 0 Å². The van der Waals surface area contributed by atoms with E-state index in [4.69, 9.17) is 16.3 Å². The summed E-state index contributed by atoms with van der Waals surface area (Å²) in [6.45, 7) is 1.12. The predicted molar refractivity (Wildman–Crippen MR) is 89.3 cm³/mol. The van der Waals surface area contributed by atoms with Crippen LogP contribution in [0.3, 0.4) is 0 Å². The molecule has 1 saturated carbocycles. The van der Waals surface area contributed by atoms with E-state index in [-0.39, 0.29) is 5.91 Å². The molecular weight excluding hydrogens is 389 g/mol. The zero-order valence-electron chi connectivity index (χ0n) is 11.3. The zero-order valence-corrected chi connectivity index (χ0v) is 14.2. The Labute approximate surface area is 138 Å². The van der Waals surface area contributed by atoms with Gasteiger partial charge in [0.05, 0.1) is 17.7 Å². The Kier molecular flexibility index (Phi) is 6.58. The molecule has 1 N–H and O–H groups in total. The Morgan fingerprint density at radius 3 is 2.80 bits per heavy atom. The van der Waals surface area contributed by atoms with Crippen LogP contribution in [0.5, 0.6) is 0 Å². The van der Waals surface area contributed by atoms with E-state index in [1.54, 1.807) is 12.1 Å². The summed E-state index contributed by atoms with van der Waals surface area (Å²) < 4.78 is 6.72. The van der Waals surface area contributed by atoms with E-state index in [0.717, 1.165) is 16.4 Å². The van der Waals surface area contributed by atoms with Crippen molar-refractivity contribution >= 4 is 40.1 Å². The van der Waals surface area contributed by atoms with Crippen LogP contribution < -0.4 is 5.32 Å². The molecule has 2 rings (SSSR count). The van der Waals surface area contributed by atoms with Crippen molar-refractivity contribution in [2.45, 2.75) is 38.2 Å². The third kappa shape index (κ3) is 4.90. The second-order valence-corrected chi connectivity index (χ2v) is 6.58. The molecule has 1 aliphatic carbocycles. The maximum absolute atomic E-state index is 11.9. The van der Waals surface area contributed by atoms with Crippen molar-refractivity contribution in [1.82, 2.24) is 5.32 Å². The minimum absolute atomic E-state index is 0.101. The number of amides is 1. The highest BCUT2D eigenvalue weighted by Gasteiger charge is 2.13. The van der Waals surface area contributed by atoms with Gasteiger partial charge in [-0.3, -0.25) is 4.79 Å². The van der Waals surface area contributed by atoms with Gasteiger partial charge in [0.2, 0.25) is 0 Å². The van der Waals surface area contributed by atoms with Crippen molar-refractivity contribution < 1.29 is 9.53 Å². The van der Waals surface area contributed by atoms with E-state index < -0.39 is 0 Å². The maximum atomic E-state index is 11.9. The van der Waals surface area contributed by atoms with Gasteiger partial charge in [0.25, 0.3) is 5.91 Å². The van der Waals surface area contributed by atoms with Gasteiger partial charge in [-0.25, -0.2) is 0 Å². The molecule has 1 fully saturated rings. The van der Waals surface area contributed by atoms with Gasteiger partial charge >= 0.3 is 0 Å². The summed E-state index contributed by atoms with van der Waals surface area (Å²) in [4.78, 5) is 11.9. The molecule has 0 heterocycles. The fourth-order valence-corrected chi connectivity index (χ4v) is 2.88. The van der Waals surface area contributed by atoms with Crippen LogP contribution in [0.2, 0.25) is 5.02 Å². The van der Waals surface area contributed by atoms with E-state index in [0.29, 0.717) is 29.8 Å². The molecule has 0 unspecified atom stereocenters. The average molecular weight is 408 g/mol. The average Bonchev–Trinajstić information content (AvgIpc) is 2.47. The molecule has 110 valence electrons. The Bertz CT molecular complexity index is 461. The normalized spacial score (nSPS) is 16.1.